The van der Waals surface area contributed by atoms with Gasteiger partial charge in [0.05, 0.1) is 6.10 Å². The molecule has 0 radical (unpaired) electrons. The fourth-order valence-corrected chi connectivity index (χ4v) is 3.83. The van der Waals surface area contributed by atoms with Crippen LogP contribution in [0.25, 0.3) is 0 Å². The van der Waals surface area contributed by atoms with Crippen LogP contribution in [-0.2, 0) is 4.74 Å². The van der Waals surface area contributed by atoms with E-state index in [-0.39, 0.29) is 0 Å². The van der Waals surface area contributed by atoms with E-state index in [0.717, 1.165) is 6.61 Å². The molecule has 102 valence electrons. The molecule has 0 amide bonds. The fourth-order valence-electron chi connectivity index (χ4n) is 2.84. The zero-order chi connectivity index (χ0) is 13.0. The summed E-state index contributed by atoms with van der Waals surface area (Å²) in [6, 6.07) is 2.82. The molecule has 0 saturated carbocycles. The van der Waals surface area contributed by atoms with Crippen molar-refractivity contribution in [3.63, 3.8) is 0 Å². The molecule has 1 aliphatic heterocycles. The lowest BCUT2D eigenvalue weighted by Gasteiger charge is -2.25. The van der Waals surface area contributed by atoms with Gasteiger partial charge in [-0.15, -0.1) is 11.3 Å². The molecule has 2 heterocycles. The van der Waals surface area contributed by atoms with Crippen molar-refractivity contribution >= 4 is 11.3 Å². The Morgan fingerprint density at radius 2 is 2.28 bits per heavy atom. The Morgan fingerprint density at radius 3 is 2.83 bits per heavy atom. The van der Waals surface area contributed by atoms with Crippen molar-refractivity contribution in [1.82, 2.24) is 5.32 Å². The van der Waals surface area contributed by atoms with Crippen molar-refractivity contribution in [3.05, 3.63) is 21.4 Å². The highest BCUT2D eigenvalue weighted by Gasteiger charge is 2.18. The van der Waals surface area contributed by atoms with Gasteiger partial charge in [0.2, 0.25) is 0 Å². The molecule has 18 heavy (non-hydrogen) atoms. The molecule has 3 heteroatoms. The van der Waals surface area contributed by atoms with Crippen LogP contribution in [0.4, 0.5) is 0 Å². The number of aryl methyl sites for hydroxylation is 2. The van der Waals surface area contributed by atoms with Crippen LogP contribution in [-0.4, -0.2) is 19.8 Å². The summed E-state index contributed by atoms with van der Waals surface area (Å²) in [5, 5.41) is 3.46. The maximum absolute atomic E-state index is 5.82. The Bertz CT molecular complexity index is 369. The molecule has 2 rings (SSSR count). The number of hydrogen-bond acceptors (Lipinski definition) is 3. The number of thiophene rings is 1. The molecule has 0 aliphatic carbocycles. The van der Waals surface area contributed by atoms with E-state index >= 15 is 0 Å². The van der Waals surface area contributed by atoms with E-state index in [4.69, 9.17) is 4.74 Å². The molecule has 1 aliphatic rings. The largest absolute Gasteiger partial charge is 0.378 e. The molecule has 1 aromatic rings. The van der Waals surface area contributed by atoms with Crippen molar-refractivity contribution in [1.29, 1.82) is 0 Å². The zero-order valence-electron chi connectivity index (χ0n) is 11.8. The first kappa shape index (κ1) is 14.0. The van der Waals surface area contributed by atoms with Gasteiger partial charge >= 0.3 is 0 Å². The normalized spacial score (nSPS) is 22.1. The van der Waals surface area contributed by atoms with Crippen LogP contribution in [0, 0.1) is 13.8 Å². The summed E-state index contributed by atoms with van der Waals surface area (Å²) < 4.78 is 5.82. The Hall–Kier alpha value is -0.380. The molecule has 2 atom stereocenters. The van der Waals surface area contributed by atoms with Crippen molar-refractivity contribution in [3.8, 4) is 0 Å². The highest BCUT2D eigenvalue weighted by molar-refractivity contribution is 7.12. The lowest BCUT2D eigenvalue weighted by Crippen LogP contribution is -2.23. The Morgan fingerprint density at radius 1 is 1.44 bits per heavy atom. The van der Waals surface area contributed by atoms with Crippen LogP contribution < -0.4 is 5.32 Å². The topological polar surface area (TPSA) is 21.3 Å². The van der Waals surface area contributed by atoms with E-state index in [1.165, 1.54) is 47.4 Å². The van der Waals surface area contributed by atoms with Gasteiger partial charge in [-0.25, -0.2) is 0 Å². The molecule has 1 saturated heterocycles. The number of hydrogen-bond donors (Lipinski definition) is 1. The number of nitrogens with one attached hydrogen (secondary N) is 1. The van der Waals surface area contributed by atoms with E-state index in [1.807, 2.05) is 11.3 Å². The highest BCUT2D eigenvalue weighted by Crippen LogP contribution is 2.30. The van der Waals surface area contributed by atoms with E-state index in [2.05, 4.69) is 32.3 Å². The quantitative estimate of drug-likeness (QED) is 0.871. The van der Waals surface area contributed by atoms with Crippen LogP contribution in [0.2, 0.25) is 0 Å². The minimum atomic E-state index is 0.487. The van der Waals surface area contributed by atoms with Crippen LogP contribution in [0.1, 0.15) is 53.5 Å². The molecule has 0 bridgehead atoms. The van der Waals surface area contributed by atoms with Gasteiger partial charge in [0.25, 0.3) is 0 Å². The summed E-state index contributed by atoms with van der Waals surface area (Å²) in [5.41, 5.74) is 1.48. The van der Waals surface area contributed by atoms with Gasteiger partial charge < -0.3 is 10.1 Å². The first-order valence-corrected chi connectivity index (χ1v) is 7.88. The van der Waals surface area contributed by atoms with E-state index in [9.17, 15) is 0 Å². The zero-order valence-corrected chi connectivity index (χ0v) is 12.6. The summed E-state index contributed by atoms with van der Waals surface area (Å²) in [6.45, 7) is 5.39. The van der Waals surface area contributed by atoms with Crippen molar-refractivity contribution < 1.29 is 4.74 Å². The van der Waals surface area contributed by atoms with Gasteiger partial charge in [-0.2, -0.15) is 0 Å². The smallest absolute Gasteiger partial charge is 0.0575 e. The molecular formula is C15H25NOS. The van der Waals surface area contributed by atoms with Crippen molar-refractivity contribution in [2.75, 3.05) is 13.7 Å². The molecule has 1 fully saturated rings. The van der Waals surface area contributed by atoms with E-state index in [1.54, 1.807) is 0 Å². The minimum absolute atomic E-state index is 0.487. The predicted octanol–water partition coefficient (Wildman–Crippen LogP) is 3.97. The average Bonchev–Trinajstić information content (AvgIpc) is 2.71. The molecule has 2 unspecified atom stereocenters. The predicted molar refractivity (Wildman–Crippen MR) is 78.4 cm³/mol. The van der Waals surface area contributed by atoms with Crippen LogP contribution in [0.5, 0.6) is 0 Å². The van der Waals surface area contributed by atoms with Gasteiger partial charge in [0, 0.05) is 22.4 Å². The maximum Gasteiger partial charge on any atom is 0.0575 e. The molecule has 1 N–H and O–H groups in total. The van der Waals surface area contributed by atoms with E-state index in [0.29, 0.717) is 12.1 Å². The second-order valence-corrected chi connectivity index (χ2v) is 6.74. The number of rotatable bonds is 5. The summed E-state index contributed by atoms with van der Waals surface area (Å²) in [7, 11) is 2.07. The average molecular weight is 267 g/mol. The molecule has 0 spiro atoms. The lowest BCUT2D eigenvalue weighted by molar-refractivity contribution is 0.00866. The van der Waals surface area contributed by atoms with Crippen molar-refractivity contribution in [2.45, 2.75) is 58.1 Å². The van der Waals surface area contributed by atoms with Gasteiger partial charge in [-0.3, -0.25) is 0 Å². The monoisotopic (exact) mass is 267 g/mol. The summed E-state index contributed by atoms with van der Waals surface area (Å²) in [4.78, 5) is 2.87. The summed E-state index contributed by atoms with van der Waals surface area (Å²) in [5.74, 6) is 0. The van der Waals surface area contributed by atoms with Gasteiger partial charge in [0.15, 0.2) is 0 Å². The van der Waals surface area contributed by atoms with Gasteiger partial charge in [0.1, 0.15) is 0 Å². The third-order valence-electron chi connectivity index (χ3n) is 3.85. The Labute approximate surface area is 115 Å². The SMILES string of the molecule is CNC(CCC1CCCCO1)c1cc(C)sc1C. The second-order valence-electron chi connectivity index (χ2n) is 5.28. The molecule has 2 nitrogen and oxygen atoms in total. The summed E-state index contributed by atoms with van der Waals surface area (Å²) in [6.07, 6.45) is 6.69. The molecular weight excluding hydrogens is 242 g/mol. The fraction of sp³-hybridized carbons (Fsp3) is 0.733. The van der Waals surface area contributed by atoms with Crippen LogP contribution in [0.15, 0.2) is 6.07 Å². The summed E-state index contributed by atoms with van der Waals surface area (Å²) >= 11 is 1.90. The maximum atomic E-state index is 5.82. The standard InChI is InChI=1S/C15H25NOS/c1-11-10-14(12(2)18-11)15(16-3)8-7-13-6-4-5-9-17-13/h10,13,15-16H,4-9H2,1-3H3. The third kappa shape index (κ3) is 3.56. The number of ether oxygens (including phenoxy) is 1. The Balaban J connectivity index is 1.90. The van der Waals surface area contributed by atoms with E-state index < -0.39 is 0 Å². The van der Waals surface area contributed by atoms with Crippen molar-refractivity contribution in [2.24, 2.45) is 0 Å². The third-order valence-corrected chi connectivity index (χ3v) is 4.84. The molecule has 0 aromatic carbocycles. The first-order chi connectivity index (χ1) is 8.70. The second kappa shape index (κ2) is 6.69. The van der Waals surface area contributed by atoms with Crippen LogP contribution >= 0.6 is 11.3 Å². The highest BCUT2D eigenvalue weighted by atomic mass is 32.1. The minimum Gasteiger partial charge on any atom is -0.378 e. The first-order valence-electron chi connectivity index (χ1n) is 7.06. The van der Waals surface area contributed by atoms with Gasteiger partial charge in [-0.1, -0.05) is 0 Å². The van der Waals surface area contributed by atoms with Gasteiger partial charge in [-0.05, 0) is 64.6 Å². The molecule has 1 aromatic heterocycles. The lowest BCUT2D eigenvalue weighted by atomic mass is 9.97. The van der Waals surface area contributed by atoms with Crippen LogP contribution in [0.3, 0.4) is 0 Å². The Kier molecular flexibility index (Phi) is 5.22.